The minimum atomic E-state index is -0.893. The van der Waals surface area contributed by atoms with E-state index in [4.69, 9.17) is 5.73 Å². The molecule has 0 aliphatic carbocycles. The van der Waals surface area contributed by atoms with Gasteiger partial charge in [-0.25, -0.2) is 13.6 Å². The Labute approximate surface area is 139 Å². The molecule has 9 heteroatoms. The fourth-order valence-electron chi connectivity index (χ4n) is 2.11. The number of Topliss-reactive ketones (excluding diaryl/α,β-unsaturated/α-hetero) is 1. The molecule has 0 fully saturated rings. The molecule has 0 bridgehead atoms. The quantitative estimate of drug-likeness (QED) is 0.608. The molecule has 0 spiro atoms. The summed E-state index contributed by atoms with van der Waals surface area (Å²) in [6.45, 7) is 2.05. The molecule has 1 aromatic heterocycles. The average molecular weight is 355 g/mol. The number of halogens is 2. The average Bonchev–Trinajstić information content (AvgIpc) is 2.52. The lowest BCUT2D eigenvalue weighted by Crippen LogP contribution is -2.36. The van der Waals surface area contributed by atoms with Gasteiger partial charge < -0.3 is 5.73 Å². The van der Waals surface area contributed by atoms with Crippen LogP contribution in [-0.2, 0) is 6.54 Å². The molecule has 1 heterocycles. The molecule has 0 unspecified atom stereocenters. The van der Waals surface area contributed by atoms with Crippen molar-refractivity contribution in [3.05, 3.63) is 56.2 Å². The van der Waals surface area contributed by atoms with E-state index in [-0.39, 0.29) is 28.6 Å². The van der Waals surface area contributed by atoms with Gasteiger partial charge in [-0.2, -0.15) is 0 Å². The second kappa shape index (κ2) is 7.43. The number of nitrogens with zero attached hydrogens (tertiary/aromatic N) is 1. The van der Waals surface area contributed by atoms with Crippen molar-refractivity contribution in [1.29, 1.82) is 0 Å². The third kappa shape index (κ3) is 3.73. The maximum atomic E-state index is 13.6. The maximum absolute atomic E-state index is 13.6. The number of hydrogen-bond donors (Lipinski definition) is 2. The summed E-state index contributed by atoms with van der Waals surface area (Å²) in [7, 11) is 0. The number of benzene rings is 1. The van der Waals surface area contributed by atoms with Crippen LogP contribution in [0.25, 0.3) is 0 Å². The van der Waals surface area contributed by atoms with E-state index in [1.54, 1.807) is 6.92 Å². The Hall–Kier alpha value is -2.42. The molecular weight excluding hydrogens is 340 g/mol. The van der Waals surface area contributed by atoms with Gasteiger partial charge >= 0.3 is 5.69 Å². The summed E-state index contributed by atoms with van der Waals surface area (Å²) < 4.78 is 27.8. The maximum Gasteiger partial charge on any atom is 0.329 e. The molecule has 0 aliphatic heterocycles. The van der Waals surface area contributed by atoms with Gasteiger partial charge in [0.25, 0.3) is 5.56 Å². The van der Waals surface area contributed by atoms with Gasteiger partial charge in [-0.3, -0.25) is 19.1 Å². The van der Waals surface area contributed by atoms with Crippen LogP contribution >= 0.6 is 11.8 Å². The molecule has 1 aromatic carbocycles. The van der Waals surface area contributed by atoms with E-state index in [0.29, 0.717) is 6.42 Å². The number of nitrogens with one attached hydrogen (secondary N) is 1. The van der Waals surface area contributed by atoms with Gasteiger partial charge in [0, 0.05) is 11.4 Å². The number of carbonyl (C=O) groups is 1. The van der Waals surface area contributed by atoms with Gasteiger partial charge in [0.05, 0.1) is 5.75 Å². The summed E-state index contributed by atoms with van der Waals surface area (Å²) >= 11 is 0.745. The normalized spacial score (nSPS) is 10.8. The number of nitrogen functional groups attached to an aromatic ring is 1. The van der Waals surface area contributed by atoms with Crippen LogP contribution in [0.2, 0.25) is 0 Å². The van der Waals surface area contributed by atoms with E-state index < -0.39 is 28.7 Å². The first kappa shape index (κ1) is 17.9. The molecule has 2 aromatic rings. The zero-order valence-electron chi connectivity index (χ0n) is 12.8. The van der Waals surface area contributed by atoms with E-state index in [1.165, 1.54) is 0 Å². The minimum absolute atomic E-state index is 0.0553. The topological polar surface area (TPSA) is 97.9 Å². The highest BCUT2D eigenvalue weighted by atomic mass is 32.2. The molecule has 0 radical (unpaired) electrons. The molecule has 0 atom stereocenters. The van der Waals surface area contributed by atoms with Crippen LogP contribution in [0.4, 0.5) is 14.6 Å². The molecule has 0 saturated carbocycles. The third-order valence-corrected chi connectivity index (χ3v) is 4.25. The van der Waals surface area contributed by atoms with E-state index in [9.17, 15) is 23.2 Å². The Morgan fingerprint density at radius 3 is 2.71 bits per heavy atom. The Morgan fingerprint density at radius 1 is 1.33 bits per heavy atom. The van der Waals surface area contributed by atoms with Crippen molar-refractivity contribution in [2.75, 3.05) is 11.5 Å². The van der Waals surface area contributed by atoms with Crippen molar-refractivity contribution in [3.8, 4) is 0 Å². The summed E-state index contributed by atoms with van der Waals surface area (Å²) in [6, 6.07) is 2.87. The zero-order chi connectivity index (χ0) is 17.9. The van der Waals surface area contributed by atoms with Crippen molar-refractivity contribution in [2.24, 2.45) is 0 Å². The lowest BCUT2D eigenvalue weighted by Gasteiger charge is -2.11. The predicted octanol–water partition coefficient (Wildman–Crippen LogP) is 1.78. The van der Waals surface area contributed by atoms with Crippen LogP contribution in [0.1, 0.15) is 23.7 Å². The fraction of sp³-hybridized carbons (Fsp3) is 0.267. The fourth-order valence-corrected chi connectivity index (χ4v) is 2.94. The highest BCUT2D eigenvalue weighted by Gasteiger charge is 2.19. The summed E-state index contributed by atoms with van der Waals surface area (Å²) in [4.78, 5) is 37.8. The molecular formula is C15H15F2N3O3S. The third-order valence-electron chi connectivity index (χ3n) is 3.22. The molecule has 128 valence electrons. The Kier molecular flexibility index (Phi) is 5.55. The first-order valence-electron chi connectivity index (χ1n) is 7.08. The van der Waals surface area contributed by atoms with Crippen molar-refractivity contribution in [1.82, 2.24) is 9.55 Å². The Morgan fingerprint density at radius 2 is 2.04 bits per heavy atom. The first-order chi connectivity index (χ1) is 11.3. The second-order valence-electron chi connectivity index (χ2n) is 4.96. The number of aromatic nitrogens is 2. The van der Waals surface area contributed by atoms with Crippen molar-refractivity contribution in [2.45, 2.75) is 24.8 Å². The van der Waals surface area contributed by atoms with Gasteiger partial charge in [0.15, 0.2) is 5.78 Å². The predicted molar refractivity (Wildman–Crippen MR) is 87.4 cm³/mol. The van der Waals surface area contributed by atoms with Crippen LogP contribution in [0.3, 0.4) is 0 Å². The van der Waals surface area contributed by atoms with Crippen molar-refractivity contribution in [3.63, 3.8) is 0 Å². The number of ketones is 1. The summed E-state index contributed by atoms with van der Waals surface area (Å²) in [6.07, 6.45) is 0.576. The number of hydrogen-bond acceptors (Lipinski definition) is 5. The van der Waals surface area contributed by atoms with Gasteiger partial charge in [-0.15, -0.1) is 11.8 Å². The molecule has 0 saturated heterocycles. The van der Waals surface area contributed by atoms with Crippen molar-refractivity contribution < 1.29 is 13.6 Å². The lowest BCUT2D eigenvalue weighted by molar-refractivity contribution is 0.102. The Bertz CT molecular complexity index is 893. The molecule has 3 N–H and O–H groups in total. The highest BCUT2D eigenvalue weighted by molar-refractivity contribution is 8.00. The van der Waals surface area contributed by atoms with Gasteiger partial charge in [-0.05, 0) is 24.6 Å². The van der Waals surface area contributed by atoms with Gasteiger partial charge in [0.2, 0.25) is 0 Å². The van der Waals surface area contributed by atoms with Crippen LogP contribution in [0, 0.1) is 11.6 Å². The number of carbonyl (C=O) groups excluding carboxylic acids is 1. The number of aromatic amines is 1. The lowest BCUT2D eigenvalue weighted by atomic mass is 10.2. The second-order valence-corrected chi connectivity index (χ2v) is 5.97. The first-order valence-corrected chi connectivity index (χ1v) is 8.07. The monoisotopic (exact) mass is 355 g/mol. The Balaban J connectivity index is 2.30. The SMILES string of the molecule is CCCn1c(N)c(C(=O)CSc2cc(F)ccc2F)c(=O)[nH]c1=O. The summed E-state index contributed by atoms with van der Waals surface area (Å²) in [5, 5.41) is 0. The van der Waals surface area contributed by atoms with E-state index >= 15 is 0 Å². The summed E-state index contributed by atoms with van der Waals surface area (Å²) in [5.74, 6) is -2.53. The number of nitrogens with two attached hydrogens (primary N) is 1. The van der Waals surface area contributed by atoms with Crippen LogP contribution < -0.4 is 17.0 Å². The standard InChI is InChI=1S/C15H15F2N3O3S/c1-2-5-20-13(18)12(14(22)19-15(20)23)10(21)7-24-11-6-8(16)3-4-9(11)17/h3-4,6H,2,5,7,18H2,1H3,(H,19,22,23). The van der Waals surface area contributed by atoms with E-state index in [1.807, 2.05) is 4.98 Å². The molecule has 6 nitrogen and oxygen atoms in total. The zero-order valence-corrected chi connectivity index (χ0v) is 13.6. The molecule has 24 heavy (non-hydrogen) atoms. The minimum Gasteiger partial charge on any atom is -0.384 e. The van der Waals surface area contributed by atoms with E-state index in [0.717, 1.165) is 34.5 Å². The molecule has 0 amide bonds. The van der Waals surface area contributed by atoms with Gasteiger partial charge in [0.1, 0.15) is 23.0 Å². The largest absolute Gasteiger partial charge is 0.384 e. The van der Waals surface area contributed by atoms with Crippen LogP contribution in [0.15, 0.2) is 32.7 Å². The van der Waals surface area contributed by atoms with Gasteiger partial charge in [-0.1, -0.05) is 6.92 Å². The number of H-pyrrole nitrogens is 1. The van der Waals surface area contributed by atoms with Crippen LogP contribution in [-0.4, -0.2) is 21.1 Å². The highest BCUT2D eigenvalue weighted by Crippen LogP contribution is 2.23. The molecule has 2 rings (SSSR count). The van der Waals surface area contributed by atoms with Crippen molar-refractivity contribution >= 4 is 23.4 Å². The smallest absolute Gasteiger partial charge is 0.329 e. The number of anilines is 1. The number of thioether (sulfide) groups is 1. The molecule has 0 aliphatic rings. The van der Waals surface area contributed by atoms with Crippen LogP contribution in [0.5, 0.6) is 0 Å². The summed E-state index contributed by atoms with van der Waals surface area (Å²) in [5.41, 5.74) is 3.83. The number of rotatable bonds is 6. The van der Waals surface area contributed by atoms with E-state index in [2.05, 4.69) is 0 Å².